The Morgan fingerprint density at radius 3 is 2.85 bits per heavy atom. The van der Waals surface area contributed by atoms with Gasteiger partial charge in [0.2, 0.25) is 11.9 Å². The molecule has 172 valence electrons. The first kappa shape index (κ1) is 22.2. The monoisotopic (exact) mass is 483 g/mol. The molecule has 33 heavy (non-hydrogen) atoms. The molecule has 0 radical (unpaired) electrons. The van der Waals surface area contributed by atoms with Crippen molar-refractivity contribution in [2.75, 3.05) is 23.3 Å². The van der Waals surface area contributed by atoms with Gasteiger partial charge in [0.25, 0.3) is 0 Å². The smallest absolute Gasteiger partial charge is 0.247 e. The van der Waals surface area contributed by atoms with Gasteiger partial charge in [-0.2, -0.15) is 0 Å². The molecule has 1 atom stereocenters. The maximum Gasteiger partial charge on any atom is 0.247 e. The number of amides is 1. The molecular formula is C23H26ClN7OS. The quantitative estimate of drug-likeness (QED) is 0.525. The number of nitrogens with zero attached hydrogens (tertiary/aromatic N) is 5. The Morgan fingerprint density at radius 1 is 1.30 bits per heavy atom. The van der Waals surface area contributed by atoms with E-state index < -0.39 is 0 Å². The number of nitrogens with one attached hydrogen (secondary N) is 1. The van der Waals surface area contributed by atoms with Crippen molar-refractivity contribution in [1.82, 2.24) is 19.6 Å². The molecule has 1 saturated heterocycles. The molecule has 0 bridgehead atoms. The first-order valence-electron chi connectivity index (χ1n) is 11.1. The number of halogens is 1. The molecule has 3 heterocycles. The van der Waals surface area contributed by atoms with Gasteiger partial charge in [-0.05, 0) is 49.3 Å². The number of hydrogen-bond donors (Lipinski definition) is 2. The van der Waals surface area contributed by atoms with Gasteiger partial charge in [-0.1, -0.05) is 42.4 Å². The summed E-state index contributed by atoms with van der Waals surface area (Å²) in [4.78, 5) is 20.4. The number of nitrogens with two attached hydrogens (primary N) is 1. The Labute approximate surface area is 201 Å². The zero-order valence-electron chi connectivity index (χ0n) is 18.2. The molecule has 2 aliphatic rings. The fraction of sp³-hybridized carbons (Fsp3) is 0.391. The number of carbonyl (C=O) groups excluding carboxylic acids is 1. The number of benzene rings is 1. The predicted molar refractivity (Wildman–Crippen MR) is 131 cm³/mol. The first-order valence-corrected chi connectivity index (χ1v) is 12.3. The van der Waals surface area contributed by atoms with Crippen LogP contribution in [0.3, 0.4) is 0 Å². The van der Waals surface area contributed by atoms with Crippen molar-refractivity contribution < 1.29 is 4.79 Å². The van der Waals surface area contributed by atoms with E-state index in [0.29, 0.717) is 22.2 Å². The Kier molecular flexibility index (Phi) is 6.03. The highest BCUT2D eigenvalue weighted by molar-refractivity contribution is 7.99. The molecule has 0 unspecified atom stereocenters. The lowest BCUT2D eigenvalue weighted by atomic mass is 9.74. The van der Waals surface area contributed by atoms with E-state index in [-0.39, 0.29) is 5.91 Å². The fourth-order valence-corrected chi connectivity index (χ4v) is 6.23. The minimum absolute atomic E-state index is 0.293. The summed E-state index contributed by atoms with van der Waals surface area (Å²) < 4.78 is 1.94. The van der Waals surface area contributed by atoms with E-state index >= 15 is 0 Å². The van der Waals surface area contributed by atoms with E-state index in [9.17, 15) is 4.79 Å². The Hall–Kier alpha value is -2.62. The van der Waals surface area contributed by atoms with Crippen LogP contribution >= 0.6 is 23.4 Å². The molecule has 1 aliphatic carbocycles. The molecule has 5 rings (SSSR count). The van der Waals surface area contributed by atoms with Gasteiger partial charge >= 0.3 is 0 Å². The van der Waals surface area contributed by atoms with Gasteiger partial charge in [0.05, 0.1) is 15.6 Å². The third-order valence-electron chi connectivity index (χ3n) is 6.93. The van der Waals surface area contributed by atoms with Crippen LogP contribution in [0.5, 0.6) is 0 Å². The lowest BCUT2D eigenvalue weighted by Crippen LogP contribution is -2.47. The van der Waals surface area contributed by atoms with E-state index in [1.807, 2.05) is 22.7 Å². The maximum absolute atomic E-state index is 11.7. The number of anilines is 2. The zero-order valence-corrected chi connectivity index (χ0v) is 19.8. The number of hydrogen-bond acceptors (Lipinski definition) is 7. The summed E-state index contributed by atoms with van der Waals surface area (Å²) in [6.45, 7) is 5.33. The van der Waals surface area contributed by atoms with Crippen molar-refractivity contribution >= 4 is 46.6 Å². The van der Waals surface area contributed by atoms with E-state index in [0.717, 1.165) is 53.7 Å². The van der Waals surface area contributed by atoms with Crippen molar-refractivity contribution in [3.05, 3.63) is 48.4 Å². The van der Waals surface area contributed by atoms with E-state index in [1.54, 1.807) is 12.4 Å². The van der Waals surface area contributed by atoms with Crippen LogP contribution in [-0.2, 0) is 4.79 Å². The molecule has 1 amide bonds. The van der Waals surface area contributed by atoms with Crippen molar-refractivity contribution in [2.24, 2.45) is 11.1 Å². The third kappa shape index (κ3) is 4.09. The minimum atomic E-state index is -0.313. The highest BCUT2D eigenvalue weighted by Gasteiger charge is 2.43. The van der Waals surface area contributed by atoms with Crippen LogP contribution in [0.15, 0.2) is 53.2 Å². The topological polar surface area (TPSA) is 101 Å². The number of rotatable bonds is 5. The van der Waals surface area contributed by atoms with E-state index in [1.165, 1.54) is 30.7 Å². The van der Waals surface area contributed by atoms with Crippen molar-refractivity contribution in [3.63, 3.8) is 0 Å². The summed E-state index contributed by atoms with van der Waals surface area (Å²) in [5.74, 6) is 0.533. The van der Waals surface area contributed by atoms with Crippen LogP contribution in [0.2, 0.25) is 5.02 Å². The summed E-state index contributed by atoms with van der Waals surface area (Å²) in [5.41, 5.74) is 8.00. The highest BCUT2D eigenvalue weighted by Crippen LogP contribution is 2.46. The predicted octanol–water partition coefficient (Wildman–Crippen LogP) is 4.15. The lowest BCUT2D eigenvalue weighted by molar-refractivity contribution is -0.111. The Balaban J connectivity index is 1.39. The Bertz CT molecular complexity index is 1200. The molecule has 2 fully saturated rings. The van der Waals surface area contributed by atoms with Crippen LogP contribution in [0.4, 0.5) is 11.6 Å². The molecule has 1 saturated carbocycles. The van der Waals surface area contributed by atoms with Gasteiger partial charge in [-0.25, -0.2) is 9.38 Å². The van der Waals surface area contributed by atoms with Crippen molar-refractivity contribution in [3.8, 4) is 0 Å². The number of carbonyl (C=O) groups is 1. The molecule has 8 nitrogen and oxygen atoms in total. The molecule has 3 N–H and O–H groups in total. The van der Waals surface area contributed by atoms with Gasteiger partial charge in [0.1, 0.15) is 6.33 Å². The highest BCUT2D eigenvalue weighted by atomic mass is 35.5. The summed E-state index contributed by atoms with van der Waals surface area (Å²) >= 11 is 8.00. The van der Waals surface area contributed by atoms with Crippen molar-refractivity contribution in [2.45, 2.75) is 47.9 Å². The molecule has 1 aromatic carbocycles. The first-order chi connectivity index (χ1) is 16.0. The fourth-order valence-electron chi connectivity index (χ4n) is 5.02. The average molecular weight is 484 g/mol. The van der Waals surface area contributed by atoms with Crippen molar-refractivity contribution in [1.29, 1.82) is 0 Å². The van der Waals surface area contributed by atoms with Crippen LogP contribution in [0.25, 0.3) is 5.65 Å². The average Bonchev–Trinajstić information content (AvgIpc) is 3.45. The standard InChI is InChI=1S/C23H26ClN7OS/c1-2-19(32)28-15-5-3-6-16(20(15)24)33-17-13-26-22(31-14-27-29-21(17)31)30-11-9-23(10-12-30)8-4-7-18(23)25/h2-3,5-6,13-14,18H,1,4,7-12,25H2,(H,28,32)/t18-/m1/s1. The second-order valence-electron chi connectivity index (χ2n) is 8.71. The molecular weight excluding hydrogens is 458 g/mol. The summed E-state index contributed by atoms with van der Waals surface area (Å²) in [5, 5.41) is 11.7. The third-order valence-corrected chi connectivity index (χ3v) is 8.51. The SMILES string of the molecule is C=CC(=O)Nc1cccc(Sc2cnc(N3CCC4(CCC[C@H]4N)CC3)n3cnnc23)c1Cl. The lowest BCUT2D eigenvalue weighted by Gasteiger charge is -2.42. The summed E-state index contributed by atoms with van der Waals surface area (Å²) in [7, 11) is 0. The zero-order chi connectivity index (χ0) is 23.0. The van der Waals surface area contributed by atoms with Crippen LogP contribution in [0.1, 0.15) is 32.1 Å². The van der Waals surface area contributed by atoms with Gasteiger partial charge in [-0.15, -0.1) is 10.2 Å². The summed E-state index contributed by atoms with van der Waals surface area (Å²) in [6.07, 6.45) is 10.5. The Morgan fingerprint density at radius 2 is 2.12 bits per heavy atom. The van der Waals surface area contributed by atoms with E-state index in [2.05, 4.69) is 27.0 Å². The molecule has 1 aliphatic heterocycles. The molecule has 2 aromatic heterocycles. The van der Waals surface area contributed by atoms with Gasteiger partial charge in [0.15, 0.2) is 5.65 Å². The second kappa shape index (κ2) is 8.96. The second-order valence-corrected chi connectivity index (χ2v) is 10.2. The van der Waals surface area contributed by atoms with E-state index in [4.69, 9.17) is 22.3 Å². The van der Waals surface area contributed by atoms with Crippen LogP contribution < -0.4 is 16.0 Å². The number of aromatic nitrogens is 4. The van der Waals surface area contributed by atoms with Gasteiger partial charge in [0, 0.05) is 30.2 Å². The van der Waals surface area contributed by atoms with Gasteiger partial charge in [-0.3, -0.25) is 4.79 Å². The number of fused-ring (bicyclic) bond motifs is 1. The minimum Gasteiger partial charge on any atom is -0.342 e. The maximum atomic E-state index is 11.7. The largest absolute Gasteiger partial charge is 0.342 e. The molecule has 3 aromatic rings. The van der Waals surface area contributed by atoms with Crippen LogP contribution in [-0.4, -0.2) is 44.6 Å². The molecule has 1 spiro atoms. The summed E-state index contributed by atoms with van der Waals surface area (Å²) in [6, 6.07) is 5.80. The molecule has 10 heteroatoms. The normalized spacial score (nSPS) is 19.8. The van der Waals surface area contributed by atoms with Gasteiger partial charge < -0.3 is 16.0 Å². The van der Waals surface area contributed by atoms with Crippen LogP contribution in [0, 0.1) is 5.41 Å². The number of piperidine rings is 1.